The van der Waals surface area contributed by atoms with Crippen molar-refractivity contribution in [1.29, 1.82) is 0 Å². The van der Waals surface area contributed by atoms with Crippen molar-refractivity contribution in [2.45, 2.75) is 35.6 Å². The standard InChI is InChI=1S/C20H18N2O6S2/c1-6(19(25)26)22-17(23)11-7-5-8(12(11)18(22)24)14-10(7)13(9-3-2-4-28-9)15-16(29-14)21-20(27)30-15/h2-4,6-8,10-14H,5H2,1H3,(H,21,27)(H,25,26)/t6-,7+,8+,10-,11+,12+,13+,14+/m0/s1. The smallest absolute Gasteiger partial charge is 0.326 e. The maximum atomic E-state index is 13.2. The van der Waals surface area contributed by atoms with Gasteiger partial charge in [-0.2, -0.15) is 0 Å². The van der Waals surface area contributed by atoms with Gasteiger partial charge in [-0.1, -0.05) is 11.3 Å². The molecule has 2 saturated carbocycles. The Kier molecular flexibility index (Phi) is 3.75. The van der Waals surface area contributed by atoms with Gasteiger partial charge in [0, 0.05) is 5.25 Å². The molecule has 2 bridgehead atoms. The van der Waals surface area contributed by atoms with E-state index in [-0.39, 0.29) is 45.6 Å². The minimum absolute atomic E-state index is 0.0218. The zero-order valence-electron chi connectivity index (χ0n) is 15.8. The Morgan fingerprint density at radius 3 is 2.67 bits per heavy atom. The molecule has 2 aromatic heterocycles. The molecule has 2 aliphatic heterocycles. The summed E-state index contributed by atoms with van der Waals surface area (Å²) in [6.07, 6.45) is 2.37. The molecule has 0 radical (unpaired) electrons. The Morgan fingerprint density at radius 1 is 1.27 bits per heavy atom. The van der Waals surface area contributed by atoms with Crippen molar-refractivity contribution in [2.75, 3.05) is 0 Å². The number of amides is 2. The van der Waals surface area contributed by atoms with Crippen molar-refractivity contribution in [1.82, 2.24) is 9.88 Å². The molecule has 3 fully saturated rings. The van der Waals surface area contributed by atoms with Gasteiger partial charge in [-0.25, -0.2) is 4.79 Å². The van der Waals surface area contributed by atoms with Crippen LogP contribution >= 0.6 is 23.1 Å². The Balaban J connectivity index is 1.45. The zero-order valence-corrected chi connectivity index (χ0v) is 17.4. The number of carboxylic acids is 1. The van der Waals surface area contributed by atoms with Gasteiger partial charge in [0.1, 0.15) is 11.8 Å². The van der Waals surface area contributed by atoms with Gasteiger partial charge in [-0.15, -0.1) is 11.8 Å². The first-order chi connectivity index (χ1) is 14.4. The summed E-state index contributed by atoms with van der Waals surface area (Å²) in [7, 11) is 0. The lowest BCUT2D eigenvalue weighted by molar-refractivity contribution is -0.154. The molecule has 4 heterocycles. The van der Waals surface area contributed by atoms with E-state index in [1.165, 1.54) is 18.3 Å². The molecule has 2 N–H and O–H groups in total. The quantitative estimate of drug-likeness (QED) is 0.692. The van der Waals surface area contributed by atoms with Crippen molar-refractivity contribution in [3.05, 3.63) is 38.7 Å². The maximum absolute atomic E-state index is 13.2. The minimum Gasteiger partial charge on any atom is -0.480 e. The fourth-order valence-corrected chi connectivity index (χ4v) is 9.19. The normalized spacial score (nSPS) is 37.2. The first kappa shape index (κ1) is 18.4. The number of aliphatic carboxylic acids is 1. The van der Waals surface area contributed by atoms with E-state index in [2.05, 4.69) is 4.98 Å². The molecule has 0 spiro atoms. The van der Waals surface area contributed by atoms with Crippen molar-refractivity contribution < 1.29 is 23.9 Å². The molecule has 2 aromatic rings. The molecule has 0 aromatic carbocycles. The molecular formula is C20H18N2O6S2. The topological polar surface area (TPSA) is 121 Å². The Labute approximate surface area is 178 Å². The third kappa shape index (κ3) is 2.18. The van der Waals surface area contributed by atoms with E-state index >= 15 is 0 Å². The van der Waals surface area contributed by atoms with Gasteiger partial charge in [0.15, 0.2) is 0 Å². The largest absolute Gasteiger partial charge is 0.480 e. The van der Waals surface area contributed by atoms with Gasteiger partial charge < -0.3 is 14.5 Å². The Bertz CT molecular complexity index is 1140. The summed E-state index contributed by atoms with van der Waals surface area (Å²) in [5, 5.41) is 10.3. The predicted molar refractivity (Wildman–Crippen MR) is 106 cm³/mol. The summed E-state index contributed by atoms with van der Waals surface area (Å²) in [5.74, 6) is -2.23. The van der Waals surface area contributed by atoms with Crippen LogP contribution in [0.5, 0.6) is 0 Å². The molecule has 156 valence electrons. The van der Waals surface area contributed by atoms with Crippen molar-refractivity contribution >= 4 is 40.9 Å². The van der Waals surface area contributed by atoms with Gasteiger partial charge in [-0.3, -0.25) is 19.3 Å². The van der Waals surface area contributed by atoms with Crippen LogP contribution in [0.25, 0.3) is 0 Å². The number of thiazole rings is 1. The van der Waals surface area contributed by atoms with Crippen LogP contribution < -0.4 is 4.87 Å². The SMILES string of the molecule is C[C@@H](C(=O)O)N1C(=O)[C@@H]2[C@H]3C[C@@H]([C@H]2C1=O)[C@H]1[C@@H](c2ccco2)c2sc(=O)[nH]c2S[C@H]31. The van der Waals surface area contributed by atoms with Crippen molar-refractivity contribution in [2.24, 2.45) is 29.6 Å². The first-order valence-corrected chi connectivity index (χ1v) is 11.6. The number of aromatic nitrogens is 1. The lowest BCUT2D eigenvalue weighted by atomic mass is 9.69. The zero-order chi connectivity index (χ0) is 20.9. The number of thioether (sulfide) groups is 1. The summed E-state index contributed by atoms with van der Waals surface area (Å²) in [5.41, 5.74) is 0. The summed E-state index contributed by atoms with van der Waals surface area (Å²) in [6, 6.07) is 2.55. The van der Waals surface area contributed by atoms with Gasteiger partial charge in [-0.05, 0) is 43.2 Å². The maximum Gasteiger partial charge on any atom is 0.326 e. The van der Waals surface area contributed by atoms with Crippen molar-refractivity contribution in [3.63, 3.8) is 0 Å². The number of likely N-dealkylation sites (tertiary alicyclic amines) is 1. The Morgan fingerprint density at radius 2 is 2.00 bits per heavy atom. The molecule has 10 heteroatoms. The van der Waals surface area contributed by atoms with Crippen LogP contribution in [0.2, 0.25) is 0 Å². The monoisotopic (exact) mass is 446 g/mol. The highest BCUT2D eigenvalue weighted by atomic mass is 32.2. The van der Waals surface area contributed by atoms with Gasteiger partial charge in [0.25, 0.3) is 0 Å². The second kappa shape index (κ2) is 6.10. The summed E-state index contributed by atoms with van der Waals surface area (Å²) >= 11 is 2.77. The lowest BCUT2D eigenvalue weighted by Gasteiger charge is -2.42. The number of fused-ring (bicyclic) bond motifs is 9. The number of hydrogen-bond donors (Lipinski definition) is 2. The van der Waals surface area contributed by atoms with Crippen LogP contribution in [-0.4, -0.2) is 44.1 Å². The number of carbonyl (C=O) groups is 3. The number of aromatic amines is 1. The first-order valence-electron chi connectivity index (χ1n) is 9.91. The van der Waals surface area contributed by atoms with Crippen LogP contribution in [0, 0.1) is 29.6 Å². The fraction of sp³-hybridized carbons (Fsp3) is 0.500. The Hall–Kier alpha value is -2.33. The molecule has 6 rings (SSSR count). The third-order valence-electron chi connectivity index (χ3n) is 7.35. The van der Waals surface area contributed by atoms with E-state index in [1.807, 2.05) is 12.1 Å². The van der Waals surface area contributed by atoms with Crippen molar-refractivity contribution in [3.8, 4) is 0 Å². The van der Waals surface area contributed by atoms with E-state index in [1.54, 1.807) is 18.0 Å². The van der Waals surface area contributed by atoms with Gasteiger partial charge in [0.05, 0.1) is 33.9 Å². The molecule has 2 aliphatic carbocycles. The number of furan rings is 1. The second-order valence-corrected chi connectivity index (χ2v) is 10.7. The molecule has 2 amide bonds. The van der Waals surface area contributed by atoms with E-state index in [0.29, 0.717) is 0 Å². The fourth-order valence-electron chi connectivity index (χ4n) is 6.32. The van der Waals surface area contributed by atoms with Crippen LogP contribution in [0.3, 0.4) is 0 Å². The number of nitrogens with zero attached hydrogens (tertiary/aromatic N) is 1. The molecule has 0 unspecified atom stereocenters. The highest BCUT2D eigenvalue weighted by molar-refractivity contribution is 8.00. The van der Waals surface area contributed by atoms with Crippen LogP contribution in [0.15, 0.2) is 32.6 Å². The molecule has 8 atom stereocenters. The van der Waals surface area contributed by atoms with Crippen LogP contribution in [0.1, 0.15) is 29.9 Å². The lowest BCUT2D eigenvalue weighted by Crippen LogP contribution is -2.44. The number of imide groups is 1. The minimum atomic E-state index is -1.18. The van der Waals surface area contributed by atoms with E-state index in [4.69, 9.17) is 4.42 Å². The molecular weight excluding hydrogens is 428 g/mol. The van der Waals surface area contributed by atoms with E-state index in [0.717, 1.165) is 27.0 Å². The van der Waals surface area contributed by atoms with Crippen LogP contribution in [-0.2, 0) is 14.4 Å². The number of nitrogens with one attached hydrogen (secondary N) is 1. The summed E-state index contributed by atoms with van der Waals surface area (Å²) < 4.78 is 5.75. The second-order valence-electron chi connectivity index (χ2n) is 8.54. The van der Waals surface area contributed by atoms with E-state index < -0.39 is 23.8 Å². The average molecular weight is 447 g/mol. The summed E-state index contributed by atoms with van der Waals surface area (Å²) in [6.45, 7) is 1.39. The van der Waals surface area contributed by atoms with Gasteiger partial charge in [0.2, 0.25) is 11.8 Å². The van der Waals surface area contributed by atoms with E-state index in [9.17, 15) is 24.3 Å². The predicted octanol–water partition coefficient (Wildman–Crippen LogP) is 1.98. The highest BCUT2D eigenvalue weighted by Crippen LogP contribution is 2.68. The average Bonchev–Trinajstić information content (AvgIpc) is 3.48. The number of hydrogen-bond acceptors (Lipinski definition) is 7. The number of carboxylic acid groups (broad SMARTS) is 1. The third-order valence-corrected chi connectivity index (χ3v) is 9.94. The number of rotatable bonds is 3. The molecule has 4 aliphatic rings. The molecule has 8 nitrogen and oxygen atoms in total. The number of carbonyl (C=O) groups excluding carboxylic acids is 2. The highest BCUT2D eigenvalue weighted by Gasteiger charge is 2.70. The van der Waals surface area contributed by atoms with Crippen LogP contribution in [0.4, 0.5) is 0 Å². The summed E-state index contributed by atoms with van der Waals surface area (Å²) in [4.78, 5) is 54.6. The molecule has 30 heavy (non-hydrogen) atoms. The molecule has 1 saturated heterocycles. The van der Waals surface area contributed by atoms with Gasteiger partial charge >= 0.3 is 10.8 Å². The number of H-pyrrole nitrogens is 1.